The molecule has 3 aromatic rings. The van der Waals surface area contributed by atoms with E-state index in [2.05, 4.69) is 18.5 Å². The van der Waals surface area contributed by atoms with Crippen LogP contribution in [0.5, 0.6) is 5.06 Å². The minimum atomic E-state index is -0.839. The summed E-state index contributed by atoms with van der Waals surface area (Å²) in [4.78, 5) is 21.4. The van der Waals surface area contributed by atoms with Crippen molar-refractivity contribution in [2.75, 3.05) is 23.9 Å². The number of nitrogens with one attached hydrogen (secondary N) is 1. The Bertz CT molecular complexity index is 1020. The predicted molar refractivity (Wildman–Crippen MR) is 129 cm³/mol. The highest BCUT2D eigenvalue weighted by Gasteiger charge is 2.14. The monoisotopic (exact) mass is 457 g/mol. The van der Waals surface area contributed by atoms with Crippen LogP contribution in [0.15, 0.2) is 36.4 Å². The summed E-state index contributed by atoms with van der Waals surface area (Å²) in [5.74, 6) is 1.69. The summed E-state index contributed by atoms with van der Waals surface area (Å²) in [6, 6.07) is 11.4. The zero-order chi connectivity index (χ0) is 22.2. The van der Waals surface area contributed by atoms with Gasteiger partial charge in [-0.2, -0.15) is 11.8 Å². The number of benzene rings is 1. The number of aryl methyl sites for hydroxylation is 1. The minimum absolute atomic E-state index is 0.0112. The lowest BCUT2D eigenvalue weighted by Gasteiger charge is -2.14. The van der Waals surface area contributed by atoms with E-state index in [0.717, 1.165) is 56.9 Å². The molecule has 31 heavy (non-hydrogen) atoms. The summed E-state index contributed by atoms with van der Waals surface area (Å²) in [5.41, 5.74) is 3.62. The summed E-state index contributed by atoms with van der Waals surface area (Å²) in [7, 11) is 0. The predicted octanol–water partition coefficient (Wildman–Crippen LogP) is 5.58. The van der Waals surface area contributed by atoms with E-state index in [4.69, 9.17) is 19.8 Å². The second kappa shape index (κ2) is 11.2. The molecule has 0 aliphatic rings. The van der Waals surface area contributed by atoms with Crippen LogP contribution in [-0.4, -0.2) is 39.7 Å². The highest BCUT2D eigenvalue weighted by atomic mass is 32.2. The summed E-state index contributed by atoms with van der Waals surface area (Å²) < 4.78 is 5.84. The van der Waals surface area contributed by atoms with Gasteiger partial charge in [-0.25, -0.2) is 9.97 Å². The number of hydrogen-bond donors (Lipinski definition) is 2. The van der Waals surface area contributed by atoms with Crippen LogP contribution in [0, 0.1) is 6.92 Å². The van der Waals surface area contributed by atoms with Crippen molar-refractivity contribution in [2.24, 2.45) is 0 Å². The fourth-order valence-corrected chi connectivity index (χ4v) is 4.36. The Kier molecular flexibility index (Phi) is 8.31. The van der Waals surface area contributed by atoms with Gasteiger partial charge in [-0.1, -0.05) is 30.4 Å². The Morgan fingerprint density at radius 1 is 1.19 bits per heavy atom. The molecule has 2 aromatic heterocycles. The van der Waals surface area contributed by atoms with E-state index in [0.29, 0.717) is 12.4 Å². The van der Waals surface area contributed by atoms with Crippen molar-refractivity contribution in [3.05, 3.63) is 53.2 Å². The van der Waals surface area contributed by atoms with Crippen LogP contribution in [0.25, 0.3) is 10.7 Å². The highest BCUT2D eigenvalue weighted by molar-refractivity contribution is 7.98. The molecule has 0 amide bonds. The van der Waals surface area contributed by atoms with Gasteiger partial charge in [0.1, 0.15) is 5.82 Å². The van der Waals surface area contributed by atoms with Crippen LogP contribution in [0.4, 0.5) is 11.5 Å². The van der Waals surface area contributed by atoms with Gasteiger partial charge >= 0.3 is 5.97 Å². The molecule has 0 atom stereocenters. The molecule has 164 valence electrons. The van der Waals surface area contributed by atoms with E-state index in [1.165, 1.54) is 0 Å². The van der Waals surface area contributed by atoms with E-state index in [-0.39, 0.29) is 6.42 Å². The molecule has 0 saturated carbocycles. The molecule has 0 aliphatic carbocycles. The Hall–Kier alpha value is -2.58. The first-order chi connectivity index (χ1) is 15.0. The first-order valence-corrected chi connectivity index (χ1v) is 12.4. The van der Waals surface area contributed by atoms with Crippen LogP contribution in [0.2, 0.25) is 0 Å². The standard InChI is InChI=1S/C23H27N3O3S2/c1-4-18-15(2)24-23(19-10-11-21(31-19)29-12-5-13-30-3)26-22(18)25-17-8-6-16(7-9-17)14-20(27)28/h6-11H,4-5,12-14H2,1-3H3,(H,27,28)(H,24,25,26). The Morgan fingerprint density at radius 2 is 1.97 bits per heavy atom. The quantitative estimate of drug-likeness (QED) is 0.364. The maximum Gasteiger partial charge on any atom is 0.307 e. The minimum Gasteiger partial charge on any atom is -0.484 e. The summed E-state index contributed by atoms with van der Waals surface area (Å²) in [6.45, 7) is 4.79. The summed E-state index contributed by atoms with van der Waals surface area (Å²) in [5, 5.41) is 13.2. The maximum atomic E-state index is 10.9. The van der Waals surface area contributed by atoms with Gasteiger partial charge in [0.2, 0.25) is 0 Å². The number of thioether (sulfide) groups is 1. The normalized spacial score (nSPS) is 10.8. The van der Waals surface area contributed by atoms with Crippen LogP contribution in [0.3, 0.4) is 0 Å². The number of carbonyl (C=O) groups is 1. The molecule has 0 saturated heterocycles. The third kappa shape index (κ3) is 6.45. The average molecular weight is 458 g/mol. The number of aliphatic carboxylic acids is 1. The molecular weight excluding hydrogens is 430 g/mol. The van der Waals surface area contributed by atoms with E-state index < -0.39 is 5.97 Å². The molecule has 0 fully saturated rings. The molecule has 0 bridgehead atoms. The third-order valence-electron chi connectivity index (χ3n) is 4.68. The number of rotatable bonds is 11. The van der Waals surface area contributed by atoms with Crippen molar-refractivity contribution in [1.29, 1.82) is 0 Å². The van der Waals surface area contributed by atoms with Gasteiger partial charge in [-0.05, 0) is 61.6 Å². The number of carboxylic acids is 1. The van der Waals surface area contributed by atoms with Crippen molar-refractivity contribution in [3.63, 3.8) is 0 Å². The zero-order valence-corrected chi connectivity index (χ0v) is 19.6. The molecule has 3 rings (SSSR count). The van der Waals surface area contributed by atoms with Crippen molar-refractivity contribution < 1.29 is 14.6 Å². The molecule has 1 aromatic carbocycles. The van der Waals surface area contributed by atoms with E-state index in [1.807, 2.05) is 55.1 Å². The Balaban J connectivity index is 1.80. The maximum absolute atomic E-state index is 10.9. The van der Waals surface area contributed by atoms with Gasteiger partial charge in [0, 0.05) is 16.9 Å². The van der Waals surface area contributed by atoms with Crippen molar-refractivity contribution in [1.82, 2.24) is 9.97 Å². The van der Waals surface area contributed by atoms with Gasteiger partial charge in [-0.3, -0.25) is 4.79 Å². The molecule has 0 spiro atoms. The molecule has 0 aliphatic heterocycles. The largest absolute Gasteiger partial charge is 0.484 e. The van der Waals surface area contributed by atoms with E-state index >= 15 is 0 Å². The molecule has 8 heteroatoms. The SMILES string of the molecule is CCc1c(C)nc(-c2ccc(OCCCSC)s2)nc1Nc1ccc(CC(=O)O)cc1. The van der Waals surface area contributed by atoms with Crippen LogP contribution < -0.4 is 10.1 Å². The van der Waals surface area contributed by atoms with Crippen LogP contribution in [-0.2, 0) is 17.6 Å². The number of anilines is 2. The lowest BCUT2D eigenvalue weighted by Crippen LogP contribution is -2.05. The number of carboxylic acid groups (broad SMARTS) is 1. The lowest BCUT2D eigenvalue weighted by atomic mass is 10.1. The van der Waals surface area contributed by atoms with Crippen LogP contribution in [0.1, 0.15) is 30.2 Å². The number of ether oxygens (including phenoxy) is 1. The number of aromatic nitrogens is 2. The molecule has 6 nitrogen and oxygen atoms in total. The van der Waals surface area contributed by atoms with E-state index in [1.54, 1.807) is 11.3 Å². The van der Waals surface area contributed by atoms with Gasteiger partial charge in [-0.15, -0.1) is 0 Å². The second-order valence-electron chi connectivity index (χ2n) is 7.02. The summed E-state index contributed by atoms with van der Waals surface area (Å²) in [6.07, 6.45) is 3.94. The van der Waals surface area contributed by atoms with Crippen molar-refractivity contribution in [2.45, 2.75) is 33.1 Å². The fraction of sp³-hybridized carbons (Fsp3) is 0.348. The zero-order valence-electron chi connectivity index (χ0n) is 18.0. The number of hydrogen-bond acceptors (Lipinski definition) is 7. The molecular formula is C23H27N3O3S2. The smallest absolute Gasteiger partial charge is 0.307 e. The highest BCUT2D eigenvalue weighted by Crippen LogP contribution is 2.33. The molecule has 2 N–H and O–H groups in total. The van der Waals surface area contributed by atoms with Crippen LogP contribution >= 0.6 is 23.1 Å². The number of thiophene rings is 1. The topological polar surface area (TPSA) is 84.3 Å². The average Bonchev–Trinajstić information content (AvgIpc) is 3.21. The van der Waals surface area contributed by atoms with Crippen molar-refractivity contribution >= 4 is 40.6 Å². The van der Waals surface area contributed by atoms with Gasteiger partial charge < -0.3 is 15.2 Å². The molecule has 0 unspecified atom stereocenters. The molecule has 2 heterocycles. The first-order valence-electron chi connectivity index (χ1n) is 10.2. The van der Waals surface area contributed by atoms with Gasteiger partial charge in [0.05, 0.1) is 17.9 Å². The second-order valence-corrected chi connectivity index (χ2v) is 9.05. The van der Waals surface area contributed by atoms with Gasteiger partial charge in [0.25, 0.3) is 0 Å². The molecule has 0 radical (unpaired) electrons. The Labute approximate surface area is 191 Å². The summed E-state index contributed by atoms with van der Waals surface area (Å²) >= 11 is 3.37. The van der Waals surface area contributed by atoms with E-state index in [9.17, 15) is 4.79 Å². The van der Waals surface area contributed by atoms with Crippen molar-refractivity contribution in [3.8, 4) is 15.8 Å². The third-order valence-corrected chi connectivity index (χ3v) is 6.37. The number of nitrogens with zero attached hydrogens (tertiary/aromatic N) is 2. The first kappa shape index (κ1) is 23.1. The Morgan fingerprint density at radius 3 is 2.65 bits per heavy atom. The van der Waals surface area contributed by atoms with Gasteiger partial charge in [0.15, 0.2) is 10.9 Å². The fourth-order valence-electron chi connectivity index (χ4n) is 3.14. The lowest BCUT2D eigenvalue weighted by molar-refractivity contribution is -0.136.